The van der Waals surface area contributed by atoms with Gasteiger partial charge in [0.1, 0.15) is 10.5 Å². The first kappa shape index (κ1) is 6.60. The topological polar surface area (TPSA) is 43.1 Å². The molecule has 0 aliphatic rings. The molecule has 0 radical (unpaired) electrons. The first-order valence-corrected chi connectivity index (χ1v) is 4.32. The zero-order chi connectivity index (χ0) is 7.68. The molecule has 0 amide bonds. The van der Waals surface area contributed by atoms with Crippen molar-refractivity contribution in [1.29, 1.82) is 0 Å². The van der Waals surface area contributed by atoms with Gasteiger partial charge in [0, 0.05) is 0 Å². The Morgan fingerprint density at radius 1 is 1.45 bits per heavy atom. The molecular formula is C6H6N4S. The SMILES string of the molecule is CSc1cn2nncc2cn1. The Bertz CT molecular complexity index is 369. The fourth-order valence-electron chi connectivity index (χ4n) is 0.817. The number of hydrogen-bond donors (Lipinski definition) is 0. The average molecular weight is 166 g/mol. The predicted molar refractivity (Wildman–Crippen MR) is 42.6 cm³/mol. The van der Waals surface area contributed by atoms with Crippen molar-refractivity contribution in [2.45, 2.75) is 5.03 Å². The van der Waals surface area contributed by atoms with Crippen LogP contribution in [0.5, 0.6) is 0 Å². The molecule has 5 heteroatoms. The maximum absolute atomic E-state index is 4.16. The minimum Gasteiger partial charge on any atom is -0.246 e. The maximum atomic E-state index is 4.16. The van der Waals surface area contributed by atoms with Gasteiger partial charge in [-0.05, 0) is 6.26 Å². The van der Waals surface area contributed by atoms with Gasteiger partial charge in [-0.15, -0.1) is 16.9 Å². The van der Waals surface area contributed by atoms with Crippen LogP contribution in [0.4, 0.5) is 0 Å². The molecule has 4 nitrogen and oxygen atoms in total. The van der Waals surface area contributed by atoms with E-state index in [4.69, 9.17) is 0 Å². The summed E-state index contributed by atoms with van der Waals surface area (Å²) >= 11 is 1.59. The van der Waals surface area contributed by atoms with Gasteiger partial charge in [0.05, 0.1) is 18.6 Å². The standard InChI is InChI=1S/C6H6N4S/c1-11-6-4-10-5(2-7-6)3-8-9-10/h2-4H,1H3. The third-order valence-corrected chi connectivity index (χ3v) is 2.00. The Labute approximate surface area is 67.6 Å². The highest BCUT2D eigenvalue weighted by Gasteiger charge is 1.95. The number of rotatable bonds is 1. The lowest BCUT2D eigenvalue weighted by molar-refractivity contribution is 0.828. The van der Waals surface area contributed by atoms with E-state index in [1.54, 1.807) is 28.7 Å². The molecule has 0 fully saturated rings. The normalized spacial score (nSPS) is 10.6. The van der Waals surface area contributed by atoms with E-state index >= 15 is 0 Å². The van der Waals surface area contributed by atoms with E-state index in [-0.39, 0.29) is 0 Å². The second-order valence-corrected chi connectivity index (χ2v) is 2.86. The van der Waals surface area contributed by atoms with Crippen molar-refractivity contribution in [3.63, 3.8) is 0 Å². The van der Waals surface area contributed by atoms with E-state index in [0.29, 0.717) is 0 Å². The third kappa shape index (κ3) is 1.07. The molecule has 0 N–H and O–H groups in total. The average Bonchev–Trinajstić information content (AvgIpc) is 2.50. The summed E-state index contributed by atoms with van der Waals surface area (Å²) in [5.41, 5.74) is 0.919. The van der Waals surface area contributed by atoms with Crippen molar-refractivity contribution in [1.82, 2.24) is 19.8 Å². The number of thioether (sulfide) groups is 1. The molecule has 2 rings (SSSR count). The second-order valence-electron chi connectivity index (χ2n) is 2.03. The van der Waals surface area contributed by atoms with Gasteiger partial charge >= 0.3 is 0 Å². The Morgan fingerprint density at radius 2 is 2.36 bits per heavy atom. The Hall–Kier alpha value is -1.10. The smallest absolute Gasteiger partial charge is 0.114 e. The van der Waals surface area contributed by atoms with Gasteiger partial charge in [-0.2, -0.15) is 0 Å². The van der Waals surface area contributed by atoms with E-state index in [1.165, 1.54) is 0 Å². The minimum absolute atomic E-state index is 0.919. The second kappa shape index (κ2) is 2.50. The van der Waals surface area contributed by atoms with Crippen molar-refractivity contribution < 1.29 is 0 Å². The first-order valence-electron chi connectivity index (χ1n) is 3.10. The number of nitrogens with zero attached hydrogens (tertiary/aromatic N) is 4. The van der Waals surface area contributed by atoms with Crippen LogP contribution < -0.4 is 0 Å². The molecular weight excluding hydrogens is 160 g/mol. The lowest BCUT2D eigenvalue weighted by Crippen LogP contribution is -1.89. The molecule has 0 aromatic carbocycles. The van der Waals surface area contributed by atoms with Crippen molar-refractivity contribution in [2.24, 2.45) is 0 Å². The van der Waals surface area contributed by atoms with Crippen LogP contribution in [0.1, 0.15) is 0 Å². The van der Waals surface area contributed by atoms with Crippen LogP contribution in [0.2, 0.25) is 0 Å². The summed E-state index contributed by atoms with van der Waals surface area (Å²) in [4.78, 5) is 4.16. The zero-order valence-corrected chi connectivity index (χ0v) is 6.75. The lowest BCUT2D eigenvalue weighted by Gasteiger charge is -1.93. The first-order chi connectivity index (χ1) is 5.40. The molecule has 56 valence electrons. The minimum atomic E-state index is 0.919. The van der Waals surface area contributed by atoms with E-state index in [1.807, 2.05) is 12.5 Å². The fourth-order valence-corrected chi connectivity index (χ4v) is 1.18. The molecule has 0 saturated carbocycles. The molecule has 0 aliphatic heterocycles. The maximum Gasteiger partial charge on any atom is 0.114 e. The van der Waals surface area contributed by atoms with Crippen LogP contribution in [0.25, 0.3) is 5.52 Å². The van der Waals surface area contributed by atoms with Crippen LogP contribution in [-0.2, 0) is 0 Å². The fraction of sp³-hybridized carbons (Fsp3) is 0.167. The van der Waals surface area contributed by atoms with Gasteiger partial charge in [0.25, 0.3) is 0 Å². The Kier molecular flexibility index (Phi) is 1.50. The molecule has 11 heavy (non-hydrogen) atoms. The summed E-state index contributed by atoms with van der Waals surface area (Å²) in [6.07, 6.45) is 7.26. The Balaban J connectivity index is 2.67. The summed E-state index contributed by atoms with van der Waals surface area (Å²) in [6, 6.07) is 0. The summed E-state index contributed by atoms with van der Waals surface area (Å²) < 4.78 is 1.71. The molecule has 0 bridgehead atoms. The van der Waals surface area contributed by atoms with Crippen molar-refractivity contribution in [2.75, 3.05) is 6.26 Å². The van der Waals surface area contributed by atoms with Crippen molar-refractivity contribution in [3.8, 4) is 0 Å². The third-order valence-electron chi connectivity index (χ3n) is 1.37. The van der Waals surface area contributed by atoms with Crippen LogP contribution in [0, 0.1) is 0 Å². The molecule has 2 aromatic heterocycles. The van der Waals surface area contributed by atoms with Gasteiger partial charge < -0.3 is 0 Å². The van der Waals surface area contributed by atoms with Crippen LogP contribution in [0.15, 0.2) is 23.6 Å². The highest BCUT2D eigenvalue weighted by molar-refractivity contribution is 7.98. The van der Waals surface area contributed by atoms with Gasteiger partial charge in [0.15, 0.2) is 0 Å². The molecule has 0 spiro atoms. The predicted octanol–water partition coefficient (Wildman–Crippen LogP) is 0.846. The van der Waals surface area contributed by atoms with E-state index < -0.39 is 0 Å². The number of aromatic nitrogens is 4. The molecule has 0 saturated heterocycles. The van der Waals surface area contributed by atoms with E-state index in [2.05, 4.69) is 15.3 Å². The van der Waals surface area contributed by atoms with Gasteiger partial charge in [-0.25, -0.2) is 9.50 Å². The van der Waals surface area contributed by atoms with Gasteiger partial charge in [0.2, 0.25) is 0 Å². The largest absolute Gasteiger partial charge is 0.246 e. The summed E-state index contributed by atoms with van der Waals surface area (Å²) in [7, 11) is 0. The molecule has 0 atom stereocenters. The highest BCUT2D eigenvalue weighted by atomic mass is 32.2. The number of fused-ring (bicyclic) bond motifs is 1. The molecule has 0 aliphatic carbocycles. The van der Waals surface area contributed by atoms with Crippen LogP contribution >= 0.6 is 11.8 Å². The quantitative estimate of drug-likeness (QED) is 0.589. The van der Waals surface area contributed by atoms with E-state index in [0.717, 1.165) is 10.5 Å². The summed E-state index contributed by atoms with van der Waals surface area (Å²) in [5, 5.41) is 8.53. The number of hydrogen-bond acceptors (Lipinski definition) is 4. The zero-order valence-electron chi connectivity index (χ0n) is 5.93. The van der Waals surface area contributed by atoms with Gasteiger partial charge in [-0.1, -0.05) is 5.21 Å². The monoisotopic (exact) mass is 166 g/mol. The van der Waals surface area contributed by atoms with Crippen molar-refractivity contribution in [3.05, 3.63) is 18.6 Å². The summed E-state index contributed by atoms with van der Waals surface area (Å²) in [6.45, 7) is 0. The molecule has 2 heterocycles. The lowest BCUT2D eigenvalue weighted by atomic mass is 10.6. The van der Waals surface area contributed by atoms with Crippen LogP contribution in [-0.4, -0.2) is 26.1 Å². The van der Waals surface area contributed by atoms with E-state index in [9.17, 15) is 0 Å². The van der Waals surface area contributed by atoms with Crippen molar-refractivity contribution >= 4 is 17.3 Å². The Morgan fingerprint density at radius 3 is 3.18 bits per heavy atom. The highest BCUT2D eigenvalue weighted by Crippen LogP contribution is 2.10. The van der Waals surface area contributed by atoms with Crippen LogP contribution in [0.3, 0.4) is 0 Å². The van der Waals surface area contributed by atoms with Gasteiger partial charge in [-0.3, -0.25) is 0 Å². The molecule has 0 unspecified atom stereocenters. The molecule has 2 aromatic rings. The summed E-state index contributed by atoms with van der Waals surface area (Å²) in [5.74, 6) is 0.